The van der Waals surface area contributed by atoms with Gasteiger partial charge in [0.25, 0.3) is 0 Å². The van der Waals surface area contributed by atoms with E-state index in [1.54, 1.807) is 11.8 Å². The zero-order valence-electron chi connectivity index (χ0n) is 16.4. The predicted molar refractivity (Wildman–Crippen MR) is 116 cm³/mol. The van der Waals surface area contributed by atoms with Gasteiger partial charge in [-0.25, -0.2) is 0 Å². The molecule has 1 atom stereocenters. The molecule has 2 aliphatic rings. The lowest BCUT2D eigenvalue weighted by molar-refractivity contribution is -0.122. The van der Waals surface area contributed by atoms with E-state index in [9.17, 15) is 9.59 Å². The topological polar surface area (TPSA) is 49.4 Å². The highest BCUT2D eigenvalue weighted by Gasteiger charge is 2.34. The molecule has 2 amide bonds. The second-order valence-corrected chi connectivity index (χ2v) is 8.98. The zero-order chi connectivity index (χ0) is 19.7. The molecule has 4 nitrogen and oxygen atoms in total. The second kappa shape index (κ2) is 8.00. The van der Waals surface area contributed by atoms with Crippen LogP contribution in [0.2, 0.25) is 0 Å². The molecule has 1 N–H and O–H groups in total. The molecule has 28 heavy (non-hydrogen) atoms. The molecule has 146 valence electrons. The fourth-order valence-corrected chi connectivity index (χ4v) is 4.82. The van der Waals surface area contributed by atoms with Crippen LogP contribution in [0, 0.1) is 5.92 Å². The largest absolute Gasteiger partial charge is 0.326 e. The number of carbonyl (C=O) groups excluding carboxylic acids is 2. The van der Waals surface area contributed by atoms with Gasteiger partial charge >= 0.3 is 0 Å². The first-order valence-electron chi connectivity index (χ1n) is 9.97. The number of hydrogen-bond acceptors (Lipinski definition) is 3. The summed E-state index contributed by atoms with van der Waals surface area (Å²) in [5.41, 5.74) is 4.04. The van der Waals surface area contributed by atoms with Gasteiger partial charge in [0, 0.05) is 17.3 Å². The lowest BCUT2D eigenvalue weighted by Gasteiger charge is -2.26. The number of benzene rings is 2. The molecule has 1 aliphatic carbocycles. The van der Waals surface area contributed by atoms with Crippen molar-refractivity contribution < 1.29 is 9.59 Å². The normalized spacial score (nSPS) is 19.8. The molecular formula is C23H26N2O2S. The molecule has 0 aromatic heterocycles. The fourth-order valence-electron chi connectivity index (χ4n) is 3.65. The number of thioether (sulfide) groups is 1. The molecule has 1 saturated heterocycles. The summed E-state index contributed by atoms with van der Waals surface area (Å²) in [4.78, 5) is 26.8. The third-order valence-corrected chi connectivity index (χ3v) is 6.83. The molecule has 2 aromatic carbocycles. The molecule has 0 spiro atoms. The highest BCUT2D eigenvalue weighted by Crippen LogP contribution is 2.42. The van der Waals surface area contributed by atoms with Crippen molar-refractivity contribution >= 4 is 35.0 Å². The minimum Gasteiger partial charge on any atom is -0.326 e. The average Bonchev–Trinajstić information content (AvgIpc) is 3.02. The Hall–Kier alpha value is -2.27. The maximum atomic E-state index is 12.6. The van der Waals surface area contributed by atoms with Crippen LogP contribution in [0.3, 0.4) is 0 Å². The molecule has 1 heterocycles. The van der Waals surface area contributed by atoms with Crippen LogP contribution < -0.4 is 10.2 Å². The number of nitrogens with zero attached hydrogens (tertiary/aromatic N) is 1. The van der Waals surface area contributed by atoms with Gasteiger partial charge in [-0.3, -0.25) is 14.5 Å². The Morgan fingerprint density at radius 1 is 1.14 bits per heavy atom. The third-order valence-electron chi connectivity index (χ3n) is 5.62. The van der Waals surface area contributed by atoms with Gasteiger partial charge in [0.1, 0.15) is 5.37 Å². The highest BCUT2D eigenvalue weighted by molar-refractivity contribution is 8.00. The van der Waals surface area contributed by atoms with Crippen molar-refractivity contribution in [1.82, 2.24) is 0 Å². The summed E-state index contributed by atoms with van der Waals surface area (Å²) >= 11 is 1.63. The third kappa shape index (κ3) is 3.81. The van der Waals surface area contributed by atoms with Gasteiger partial charge in [-0.1, -0.05) is 44.5 Å². The van der Waals surface area contributed by atoms with E-state index in [0.29, 0.717) is 11.7 Å². The van der Waals surface area contributed by atoms with E-state index in [4.69, 9.17) is 0 Å². The quantitative estimate of drug-likeness (QED) is 0.746. The lowest BCUT2D eigenvalue weighted by Crippen LogP contribution is -2.29. The van der Waals surface area contributed by atoms with E-state index in [2.05, 4.69) is 31.3 Å². The van der Waals surface area contributed by atoms with Crippen LogP contribution in [0.1, 0.15) is 55.5 Å². The lowest BCUT2D eigenvalue weighted by atomic mass is 9.85. The van der Waals surface area contributed by atoms with Gasteiger partial charge in [0.05, 0.1) is 5.75 Å². The molecule has 0 bridgehead atoms. The van der Waals surface area contributed by atoms with Crippen LogP contribution >= 0.6 is 11.8 Å². The molecule has 0 radical (unpaired) electrons. The first-order chi connectivity index (χ1) is 13.5. The van der Waals surface area contributed by atoms with Gasteiger partial charge < -0.3 is 5.32 Å². The highest BCUT2D eigenvalue weighted by atomic mass is 32.2. The maximum absolute atomic E-state index is 12.6. The fraction of sp³-hybridized carbons (Fsp3) is 0.391. The van der Waals surface area contributed by atoms with Gasteiger partial charge in [0.15, 0.2) is 0 Å². The summed E-state index contributed by atoms with van der Waals surface area (Å²) in [6.07, 6.45) is 3.11. The number of carbonyl (C=O) groups is 2. The van der Waals surface area contributed by atoms with Crippen molar-refractivity contribution in [3.8, 4) is 0 Å². The number of anilines is 2. The van der Waals surface area contributed by atoms with Crippen molar-refractivity contribution in [3.63, 3.8) is 0 Å². The van der Waals surface area contributed by atoms with Crippen molar-refractivity contribution in [1.29, 1.82) is 0 Å². The summed E-state index contributed by atoms with van der Waals surface area (Å²) in [7, 11) is 0. The van der Waals surface area contributed by atoms with E-state index < -0.39 is 0 Å². The number of hydrogen-bond donors (Lipinski definition) is 1. The summed E-state index contributed by atoms with van der Waals surface area (Å²) in [5, 5.41) is 2.97. The van der Waals surface area contributed by atoms with Crippen molar-refractivity contribution in [2.24, 2.45) is 5.92 Å². The van der Waals surface area contributed by atoms with Crippen molar-refractivity contribution in [3.05, 3.63) is 59.7 Å². The van der Waals surface area contributed by atoms with Gasteiger partial charge in [0.2, 0.25) is 11.8 Å². The minimum absolute atomic E-state index is 0.0713. The van der Waals surface area contributed by atoms with Crippen molar-refractivity contribution in [2.45, 2.75) is 44.4 Å². The van der Waals surface area contributed by atoms with Crippen molar-refractivity contribution in [2.75, 3.05) is 16.0 Å². The van der Waals surface area contributed by atoms with Gasteiger partial charge in [-0.2, -0.15) is 0 Å². The Morgan fingerprint density at radius 2 is 1.89 bits per heavy atom. The summed E-state index contributed by atoms with van der Waals surface area (Å²) in [5.74, 6) is 1.32. The Bertz CT molecular complexity index is 874. The Balaban J connectivity index is 1.56. The van der Waals surface area contributed by atoms with E-state index >= 15 is 0 Å². The Labute approximate surface area is 170 Å². The number of amides is 2. The standard InChI is InChI=1S/C23H26N2O2S/c1-15(2)16-9-11-20(12-10-16)25-21(26)14-28-23(25)18-7-4-8-19(13-18)24-22(27)17-5-3-6-17/h4,7-13,15,17,23H,3,5-6,14H2,1-2H3,(H,24,27). The minimum atomic E-state index is -0.0713. The molecule has 1 aliphatic heterocycles. The number of rotatable bonds is 5. The Morgan fingerprint density at radius 3 is 2.54 bits per heavy atom. The molecule has 5 heteroatoms. The molecular weight excluding hydrogens is 368 g/mol. The van der Waals surface area contributed by atoms with E-state index in [1.165, 1.54) is 5.56 Å². The average molecular weight is 395 g/mol. The summed E-state index contributed by atoms with van der Waals surface area (Å²) < 4.78 is 0. The van der Waals surface area contributed by atoms with Gasteiger partial charge in [-0.05, 0) is 54.2 Å². The smallest absolute Gasteiger partial charge is 0.238 e. The molecule has 4 rings (SSSR count). The summed E-state index contributed by atoms with van der Waals surface area (Å²) in [6, 6.07) is 16.2. The molecule has 2 aromatic rings. The van der Waals surface area contributed by atoms with Gasteiger partial charge in [-0.15, -0.1) is 11.8 Å². The van der Waals surface area contributed by atoms with Crippen LogP contribution in [-0.2, 0) is 9.59 Å². The SMILES string of the molecule is CC(C)c1ccc(N2C(=O)CSC2c2cccc(NC(=O)C3CCC3)c2)cc1. The Kier molecular flexibility index (Phi) is 5.44. The molecule has 2 fully saturated rings. The molecule has 1 unspecified atom stereocenters. The molecule has 1 saturated carbocycles. The van der Waals surface area contributed by atoms with Crippen LogP contribution in [0.4, 0.5) is 11.4 Å². The zero-order valence-corrected chi connectivity index (χ0v) is 17.2. The van der Waals surface area contributed by atoms with Crippen LogP contribution in [0.25, 0.3) is 0 Å². The van der Waals surface area contributed by atoms with Crippen LogP contribution in [0.5, 0.6) is 0 Å². The van der Waals surface area contributed by atoms with Crippen LogP contribution in [0.15, 0.2) is 48.5 Å². The first kappa shape index (κ1) is 19.1. The predicted octanol–water partition coefficient (Wildman–Crippen LogP) is 5.33. The maximum Gasteiger partial charge on any atom is 0.238 e. The van der Waals surface area contributed by atoms with E-state index in [0.717, 1.165) is 36.2 Å². The van der Waals surface area contributed by atoms with E-state index in [1.807, 2.05) is 41.3 Å². The summed E-state index contributed by atoms with van der Waals surface area (Å²) in [6.45, 7) is 4.33. The number of nitrogens with one attached hydrogen (secondary N) is 1. The van der Waals surface area contributed by atoms with Crippen LogP contribution in [-0.4, -0.2) is 17.6 Å². The first-order valence-corrected chi connectivity index (χ1v) is 11.0. The monoisotopic (exact) mass is 394 g/mol. The second-order valence-electron chi connectivity index (χ2n) is 7.92. The van der Waals surface area contributed by atoms with E-state index in [-0.39, 0.29) is 23.1 Å².